The average Bonchev–Trinajstić information content (AvgIpc) is 3.47. The standard InChI is InChI=1S/C23H28FN7O/c1-3-30-19-13-26-22(28-20(19)31(4-2)23(9-10-23)21(30)32)25-11-17-12-27-29(15-17)14-16-5-7-18(24)8-6-16/h5-8,12-13,15,21,32H,3-4,9-11,14H2,1-2H3,(H,25,26,28). The first kappa shape index (κ1) is 20.7. The van der Waals surface area contributed by atoms with Gasteiger partial charge in [0.1, 0.15) is 11.5 Å². The van der Waals surface area contributed by atoms with Crippen LogP contribution in [0.25, 0.3) is 0 Å². The lowest BCUT2D eigenvalue weighted by atomic mass is 10.1. The highest BCUT2D eigenvalue weighted by atomic mass is 19.1. The lowest BCUT2D eigenvalue weighted by Crippen LogP contribution is -2.58. The minimum atomic E-state index is -0.533. The number of rotatable bonds is 7. The molecule has 1 spiro atoms. The van der Waals surface area contributed by atoms with Crippen LogP contribution in [0.3, 0.4) is 0 Å². The lowest BCUT2D eigenvalue weighted by Gasteiger charge is -2.47. The van der Waals surface area contributed by atoms with Gasteiger partial charge in [-0.25, -0.2) is 9.37 Å². The minimum absolute atomic E-state index is 0.231. The van der Waals surface area contributed by atoms with Crippen molar-refractivity contribution in [1.29, 1.82) is 0 Å². The van der Waals surface area contributed by atoms with Crippen molar-refractivity contribution in [1.82, 2.24) is 19.7 Å². The number of fused-ring (bicyclic) bond motifs is 1. The van der Waals surface area contributed by atoms with Gasteiger partial charge in [-0.2, -0.15) is 10.1 Å². The molecule has 1 fully saturated rings. The van der Waals surface area contributed by atoms with Crippen LogP contribution < -0.4 is 15.1 Å². The smallest absolute Gasteiger partial charge is 0.225 e. The van der Waals surface area contributed by atoms with Gasteiger partial charge in [-0.1, -0.05) is 12.1 Å². The quantitative estimate of drug-likeness (QED) is 0.588. The molecule has 8 nitrogen and oxygen atoms in total. The van der Waals surface area contributed by atoms with Crippen LogP contribution in [0, 0.1) is 5.82 Å². The number of aromatic nitrogens is 4. The zero-order valence-corrected chi connectivity index (χ0v) is 18.4. The number of halogens is 1. The Morgan fingerprint density at radius 3 is 2.59 bits per heavy atom. The van der Waals surface area contributed by atoms with E-state index in [1.807, 2.05) is 28.9 Å². The Balaban J connectivity index is 1.30. The van der Waals surface area contributed by atoms with Crippen LogP contribution in [0.15, 0.2) is 42.9 Å². The molecule has 1 aromatic carbocycles. The van der Waals surface area contributed by atoms with Crippen LogP contribution >= 0.6 is 0 Å². The molecule has 3 heterocycles. The zero-order valence-electron chi connectivity index (χ0n) is 18.4. The Morgan fingerprint density at radius 1 is 1.12 bits per heavy atom. The predicted molar refractivity (Wildman–Crippen MR) is 121 cm³/mol. The van der Waals surface area contributed by atoms with Gasteiger partial charge in [0.15, 0.2) is 12.0 Å². The lowest BCUT2D eigenvalue weighted by molar-refractivity contribution is 0.119. The van der Waals surface area contributed by atoms with Crippen LogP contribution in [0.5, 0.6) is 0 Å². The number of nitrogens with zero attached hydrogens (tertiary/aromatic N) is 6. The van der Waals surface area contributed by atoms with Crippen molar-refractivity contribution in [2.45, 2.75) is 51.5 Å². The molecule has 0 radical (unpaired) electrons. The van der Waals surface area contributed by atoms with Crippen molar-refractivity contribution in [3.05, 3.63) is 59.8 Å². The number of likely N-dealkylation sites (N-methyl/N-ethyl adjacent to an activating group) is 2. The van der Waals surface area contributed by atoms with Gasteiger partial charge < -0.3 is 20.2 Å². The summed E-state index contributed by atoms with van der Waals surface area (Å²) in [6.45, 7) is 6.76. The second-order valence-corrected chi connectivity index (χ2v) is 8.44. The summed E-state index contributed by atoms with van der Waals surface area (Å²) in [5.41, 5.74) is 2.63. The number of hydrogen-bond donors (Lipinski definition) is 2. The summed E-state index contributed by atoms with van der Waals surface area (Å²) in [5, 5.41) is 18.6. The number of aliphatic hydroxyl groups excluding tert-OH is 1. The van der Waals surface area contributed by atoms with Crippen LogP contribution in [0.4, 0.5) is 21.8 Å². The van der Waals surface area contributed by atoms with E-state index in [2.05, 4.69) is 27.2 Å². The summed E-state index contributed by atoms with van der Waals surface area (Å²) in [6, 6.07) is 6.44. The van der Waals surface area contributed by atoms with E-state index in [-0.39, 0.29) is 11.4 Å². The predicted octanol–water partition coefficient (Wildman–Crippen LogP) is 2.99. The molecule has 32 heavy (non-hydrogen) atoms. The minimum Gasteiger partial charge on any atom is -0.371 e. The fraction of sp³-hybridized carbons (Fsp3) is 0.435. The van der Waals surface area contributed by atoms with E-state index in [9.17, 15) is 9.50 Å². The Kier molecular flexibility index (Phi) is 5.21. The summed E-state index contributed by atoms with van der Waals surface area (Å²) in [4.78, 5) is 13.5. The molecule has 1 aliphatic heterocycles. The molecule has 3 aromatic rings. The Bertz CT molecular complexity index is 1100. The van der Waals surface area contributed by atoms with Crippen molar-refractivity contribution in [3.63, 3.8) is 0 Å². The molecule has 5 rings (SSSR count). The third kappa shape index (κ3) is 3.56. The van der Waals surface area contributed by atoms with Gasteiger partial charge in [-0.3, -0.25) is 4.68 Å². The molecule has 1 unspecified atom stereocenters. The SMILES string of the molecule is CCN1c2cnc(NCc3cnn(Cc4ccc(F)cc4)c3)nc2N(CC)C2(CC2)C1O. The van der Waals surface area contributed by atoms with E-state index >= 15 is 0 Å². The average molecular weight is 438 g/mol. The fourth-order valence-electron chi connectivity index (χ4n) is 4.63. The monoisotopic (exact) mass is 437 g/mol. The van der Waals surface area contributed by atoms with Crippen LogP contribution in [-0.4, -0.2) is 49.7 Å². The number of hydrogen-bond acceptors (Lipinski definition) is 7. The zero-order chi connectivity index (χ0) is 22.3. The molecule has 0 saturated heterocycles. The summed E-state index contributed by atoms with van der Waals surface area (Å²) >= 11 is 0. The van der Waals surface area contributed by atoms with Gasteiger partial charge >= 0.3 is 0 Å². The second-order valence-electron chi connectivity index (χ2n) is 8.44. The molecule has 0 amide bonds. The molecular formula is C23H28FN7O. The summed E-state index contributed by atoms with van der Waals surface area (Å²) in [6.07, 6.45) is 6.97. The molecule has 9 heteroatoms. The van der Waals surface area contributed by atoms with Gasteiger partial charge in [0.25, 0.3) is 0 Å². The van der Waals surface area contributed by atoms with Crippen molar-refractivity contribution in [2.75, 3.05) is 28.2 Å². The number of nitrogens with one attached hydrogen (secondary N) is 1. The highest BCUT2D eigenvalue weighted by Crippen LogP contribution is 2.53. The van der Waals surface area contributed by atoms with Crippen LogP contribution in [0.2, 0.25) is 0 Å². The fourth-order valence-corrected chi connectivity index (χ4v) is 4.63. The highest BCUT2D eigenvalue weighted by molar-refractivity contribution is 5.73. The number of anilines is 3. The first-order chi connectivity index (χ1) is 15.5. The molecule has 1 saturated carbocycles. The van der Waals surface area contributed by atoms with E-state index < -0.39 is 6.23 Å². The molecule has 1 aliphatic carbocycles. The van der Waals surface area contributed by atoms with Crippen LogP contribution in [-0.2, 0) is 13.1 Å². The van der Waals surface area contributed by atoms with Crippen molar-refractivity contribution in [3.8, 4) is 0 Å². The van der Waals surface area contributed by atoms with Gasteiger partial charge in [-0.15, -0.1) is 0 Å². The Hall–Kier alpha value is -3.20. The summed E-state index contributed by atoms with van der Waals surface area (Å²) < 4.78 is 14.9. The van der Waals surface area contributed by atoms with Crippen molar-refractivity contribution in [2.24, 2.45) is 0 Å². The maximum absolute atomic E-state index is 13.1. The molecule has 2 aromatic heterocycles. The molecule has 2 aliphatic rings. The van der Waals surface area contributed by atoms with E-state index in [1.54, 1.807) is 18.3 Å². The maximum atomic E-state index is 13.1. The normalized spacial score (nSPS) is 18.7. The molecule has 168 valence electrons. The number of aliphatic hydroxyl groups is 1. The third-order valence-electron chi connectivity index (χ3n) is 6.44. The third-order valence-corrected chi connectivity index (χ3v) is 6.44. The molecular weight excluding hydrogens is 409 g/mol. The Morgan fingerprint density at radius 2 is 1.91 bits per heavy atom. The molecule has 2 N–H and O–H groups in total. The van der Waals surface area contributed by atoms with Gasteiger partial charge in [-0.05, 0) is 44.4 Å². The highest BCUT2D eigenvalue weighted by Gasteiger charge is 2.59. The largest absolute Gasteiger partial charge is 0.371 e. The molecule has 1 atom stereocenters. The van der Waals surface area contributed by atoms with E-state index in [0.29, 0.717) is 25.6 Å². The Labute approximate surface area is 186 Å². The van der Waals surface area contributed by atoms with Crippen molar-refractivity contribution >= 4 is 17.5 Å². The van der Waals surface area contributed by atoms with Crippen molar-refractivity contribution < 1.29 is 9.50 Å². The van der Waals surface area contributed by atoms with E-state index in [4.69, 9.17) is 4.98 Å². The maximum Gasteiger partial charge on any atom is 0.225 e. The van der Waals surface area contributed by atoms with Gasteiger partial charge in [0.05, 0.1) is 24.5 Å². The van der Waals surface area contributed by atoms with E-state index in [1.165, 1.54) is 12.1 Å². The van der Waals surface area contributed by atoms with Crippen LogP contribution in [0.1, 0.15) is 37.8 Å². The first-order valence-corrected chi connectivity index (χ1v) is 11.1. The van der Waals surface area contributed by atoms with Gasteiger partial charge in [0.2, 0.25) is 5.95 Å². The van der Waals surface area contributed by atoms with Gasteiger partial charge in [0, 0.05) is 31.4 Å². The first-order valence-electron chi connectivity index (χ1n) is 11.1. The second kappa shape index (κ2) is 8.05. The van der Waals surface area contributed by atoms with E-state index in [0.717, 1.165) is 42.0 Å². The topological polar surface area (TPSA) is 82.3 Å². The summed E-state index contributed by atoms with van der Waals surface area (Å²) in [7, 11) is 0. The molecule has 0 bridgehead atoms. The summed E-state index contributed by atoms with van der Waals surface area (Å²) in [5.74, 6) is 1.19. The number of benzene rings is 1.